The van der Waals surface area contributed by atoms with Crippen LogP contribution in [0.1, 0.15) is 12.5 Å². The number of hydrogen-bond acceptors (Lipinski definition) is 4. The van der Waals surface area contributed by atoms with Crippen LogP contribution in [0.15, 0.2) is 36.4 Å². The summed E-state index contributed by atoms with van der Waals surface area (Å²) in [6.07, 6.45) is 0. The first-order chi connectivity index (χ1) is 12.8. The summed E-state index contributed by atoms with van der Waals surface area (Å²) in [5.41, 5.74) is 1.83. The Hall–Kier alpha value is -2.25. The van der Waals surface area contributed by atoms with Gasteiger partial charge in [-0.1, -0.05) is 11.6 Å². The van der Waals surface area contributed by atoms with Crippen molar-refractivity contribution in [2.24, 2.45) is 0 Å². The zero-order chi connectivity index (χ0) is 20.0. The van der Waals surface area contributed by atoms with Gasteiger partial charge >= 0.3 is 0 Å². The molecular formula is C19H20ClFN2O3S. The highest BCUT2D eigenvalue weighted by atomic mass is 35.5. The van der Waals surface area contributed by atoms with Gasteiger partial charge in [-0.3, -0.25) is 9.59 Å². The minimum atomic E-state index is -0.463. The predicted molar refractivity (Wildman–Crippen MR) is 108 cm³/mol. The largest absolute Gasteiger partial charge is 0.495 e. The van der Waals surface area contributed by atoms with Crippen LogP contribution in [0.5, 0.6) is 5.75 Å². The molecule has 2 aromatic carbocycles. The Morgan fingerprint density at radius 2 is 1.89 bits per heavy atom. The molecule has 1 atom stereocenters. The summed E-state index contributed by atoms with van der Waals surface area (Å²) in [6.45, 7) is 3.53. The maximum Gasteiger partial charge on any atom is 0.237 e. The standard InChI is InChI=1S/C19H20ClFN2O3S/c1-11-8-16(17(26-3)9-15(11)20)23-18(24)10-27-12(2)19(25)22-14-6-4-13(21)5-7-14/h4-9,12H,10H2,1-3H3,(H,22,25)(H,23,24). The van der Waals surface area contributed by atoms with Crippen molar-refractivity contribution in [3.63, 3.8) is 0 Å². The molecule has 2 amide bonds. The molecule has 0 saturated carbocycles. The minimum absolute atomic E-state index is 0.0861. The molecule has 2 rings (SSSR count). The summed E-state index contributed by atoms with van der Waals surface area (Å²) < 4.78 is 18.1. The molecule has 2 N–H and O–H groups in total. The number of methoxy groups -OCH3 is 1. The molecule has 0 aliphatic rings. The molecule has 0 aliphatic carbocycles. The highest BCUT2D eigenvalue weighted by molar-refractivity contribution is 8.01. The van der Waals surface area contributed by atoms with Gasteiger partial charge in [0.1, 0.15) is 11.6 Å². The van der Waals surface area contributed by atoms with Gasteiger partial charge in [0.05, 0.1) is 23.8 Å². The molecule has 8 heteroatoms. The van der Waals surface area contributed by atoms with Crippen molar-refractivity contribution >= 4 is 46.6 Å². The molecule has 2 aromatic rings. The molecule has 5 nitrogen and oxygen atoms in total. The third kappa shape index (κ3) is 6.15. The molecule has 0 radical (unpaired) electrons. The summed E-state index contributed by atoms with van der Waals surface area (Å²) in [7, 11) is 1.49. The number of carbonyl (C=O) groups excluding carboxylic acids is 2. The molecule has 0 bridgehead atoms. The lowest BCUT2D eigenvalue weighted by Crippen LogP contribution is -2.25. The fraction of sp³-hybridized carbons (Fsp3) is 0.263. The second-order valence-corrected chi connectivity index (χ2v) is 7.54. The smallest absolute Gasteiger partial charge is 0.237 e. The summed E-state index contributed by atoms with van der Waals surface area (Å²) >= 11 is 7.24. The van der Waals surface area contributed by atoms with Crippen LogP contribution in [0.3, 0.4) is 0 Å². The van der Waals surface area contributed by atoms with E-state index in [0.29, 0.717) is 22.1 Å². The van der Waals surface area contributed by atoms with Crippen molar-refractivity contribution in [3.8, 4) is 5.75 Å². The van der Waals surface area contributed by atoms with E-state index in [-0.39, 0.29) is 23.4 Å². The van der Waals surface area contributed by atoms with Crippen molar-refractivity contribution in [3.05, 3.63) is 52.8 Å². The van der Waals surface area contributed by atoms with E-state index in [1.54, 1.807) is 19.1 Å². The second kappa shape index (κ2) is 9.62. The van der Waals surface area contributed by atoms with Gasteiger partial charge in [-0.05, 0) is 49.7 Å². The van der Waals surface area contributed by atoms with Crippen molar-refractivity contribution in [2.75, 3.05) is 23.5 Å². The van der Waals surface area contributed by atoms with Gasteiger partial charge < -0.3 is 15.4 Å². The van der Waals surface area contributed by atoms with Gasteiger partial charge in [0, 0.05) is 16.8 Å². The normalized spacial score (nSPS) is 11.6. The Morgan fingerprint density at radius 3 is 2.52 bits per heavy atom. The Morgan fingerprint density at radius 1 is 1.22 bits per heavy atom. The van der Waals surface area contributed by atoms with Crippen molar-refractivity contribution < 1.29 is 18.7 Å². The number of anilines is 2. The van der Waals surface area contributed by atoms with Gasteiger partial charge in [-0.2, -0.15) is 0 Å². The Balaban J connectivity index is 1.88. The second-order valence-electron chi connectivity index (χ2n) is 5.80. The molecule has 0 aromatic heterocycles. The highest BCUT2D eigenvalue weighted by Crippen LogP contribution is 2.31. The Labute approximate surface area is 166 Å². The molecule has 144 valence electrons. The summed E-state index contributed by atoms with van der Waals surface area (Å²) in [6, 6.07) is 8.86. The van der Waals surface area contributed by atoms with Crippen molar-refractivity contribution in [1.29, 1.82) is 0 Å². The lowest BCUT2D eigenvalue weighted by molar-refractivity contribution is -0.115. The molecule has 0 aliphatic heterocycles. The first-order valence-corrected chi connectivity index (χ1v) is 9.55. The molecule has 0 heterocycles. The molecular weight excluding hydrogens is 391 g/mol. The number of ether oxygens (including phenoxy) is 1. The summed E-state index contributed by atoms with van der Waals surface area (Å²) in [4.78, 5) is 24.4. The van der Waals surface area contributed by atoms with Crippen LogP contribution < -0.4 is 15.4 Å². The van der Waals surface area contributed by atoms with Gasteiger partial charge in [0.25, 0.3) is 0 Å². The van der Waals surface area contributed by atoms with E-state index in [2.05, 4.69) is 10.6 Å². The maximum atomic E-state index is 12.9. The number of halogens is 2. The van der Waals surface area contributed by atoms with Crippen LogP contribution in [0.25, 0.3) is 0 Å². The van der Waals surface area contributed by atoms with Gasteiger partial charge in [0.2, 0.25) is 11.8 Å². The monoisotopic (exact) mass is 410 g/mol. The molecule has 0 spiro atoms. The zero-order valence-corrected chi connectivity index (χ0v) is 16.7. The quantitative estimate of drug-likeness (QED) is 0.705. The number of benzene rings is 2. The summed E-state index contributed by atoms with van der Waals surface area (Å²) in [5.74, 6) is -0.352. The van der Waals surface area contributed by atoms with E-state index in [0.717, 1.165) is 5.56 Å². The van der Waals surface area contributed by atoms with E-state index < -0.39 is 5.25 Å². The number of hydrogen-bond donors (Lipinski definition) is 2. The number of amides is 2. The van der Waals surface area contributed by atoms with Crippen molar-refractivity contribution in [1.82, 2.24) is 0 Å². The van der Waals surface area contributed by atoms with E-state index in [1.807, 2.05) is 6.92 Å². The third-order valence-corrected chi connectivity index (χ3v) is 5.25. The topological polar surface area (TPSA) is 67.4 Å². The lowest BCUT2D eigenvalue weighted by Gasteiger charge is -2.14. The lowest BCUT2D eigenvalue weighted by atomic mass is 10.2. The van der Waals surface area contributed by atoms with E-state index in [1.165, 1.54) is 43.1 Å². The molecule has 27 heavy (non-hydrogen) atoms. The zero-order valence-electron chi connectivity index (χ0n) is 15.1. The number of thioether (sulfide) groups is 1. The van der Waals surface area contributed by atoms with Gasteiger partial charge in [-0.25, -0.2) is 4.39 Å². The Kier molecular flexibility index (Phi) is 7.50. The minimum Gasteiger partial charge on any atom is -0.495 e. The first-order valence-electron chi connectivity index (χ1n) is 8.12. The van der Waals surface area contributed by atoms with Gasteiger partial charge in [0.15, 0.2) is 0 Å². The SMILES string of the molecule is COc1cc(Cl)c(C)cc1NC(=O)CSC(C)C(=O)Nc1ccc(F)cc1. The molecule has 1 unspecified atom stereocenters. The number of aryl methyl sites for hydroxylation is 1. The van der Waals surface area contributed by atoms with Crippen LogP contribution in [-0.2, 0) is 9.59 Å². The van der Waals surface area contributed by atoms with E-state index in [9.17, 15) is 14.0 Å². The van der Waals surface area contributed by atoms with Crippen LogP contribution in [0.2, 0.25) is 5.02 Å². The number of rotatable bonds is 7. The fourth-order valence-electron chi connectivity index (χ4n) is 2.17. The van der Waals surface area contributed by atoms with Crippen LogP contribution in [0.4, 0.5) is 15.8 Å². The highest BCUT2D eigenvalue weighted by Gasteiger charge is 2.17. The predicted octanol–water partition coefficient (Wildman–Crippen LogP) is 4.50. The maximum absolute atomic E-state index is 12.9. The first kappa shape index (κ1) is 21.1. The average molecular weight is 411 g/mol. The number of carbonyl (C=O) groups is 2. The van der Waals surface area contributed by atoms with Gasteiger partial charge in [-0.15, -0.1) is 11.8 Å². The van der Waals surface area contributed by atoms with Crippen molar-refractivity contribution in [2.45, 2.75) is 19.1 Å². The average Bonchev–Trinajstić information content (AvgIpc) is 2.64. The molecule has 0 saturated heterocycles. The Bertz CT molecular complexity index is 830. The fourth-order valence-corrected chi connectivity index (χ4v) is 3.01. The van der Waals surface area contributed by atoms with Crippen LogP contribution in [-0.4, -0.2) is 29.9 Å². The summed E-state index contributed by atoms with van der Waals surface area (Å²) in [5, 5.41) is 5.53. The third-order valence-electron chi connectivity index (χ3n) is 3.70. The van der Waals surface area contributed by atoms with Crippen LogP contribution >= 0.6 is 23.4 Å². The van der Waals surface area contributed by atoms with Crippen LogP contribution in [0, 0.1) is 12.7 Å². The van der Waals surface area contributed by atoms with E-state index >= 15 is 0 Å². The molecule has 0 fully saturated rings. The number of nitrogens with one attached hydrogen (secondary N) is 2. The van der Waals surface area contributed by atoms with E-state index in [4.69, 9.17) is 16.3 Å².